The van der Waals surface area contributed by atoms with E-state index in [9.17, 15) is 9.18 Å². The van der Waals surface area contributed by atoms with Gasteiger partial charge in [-0.15, -0.1) is 0 Å². The molecule has 0 aliphatic rings. The maximum absolute atomic E-state index is 13.6. The third-order valence-electron chi connectivity index (χ3n) is 2.52. The normalized spacial score (nSPS) is 10.0. The van der Waals surface area contributed by atoms with Crippen molar-refractivity contribution < 1.29 is 9.18 Å². The summed E-state index contributed by atoms with van der Waals surface area (Å²) in [5, 5.41) is 5.77. The molecule has 0 bridgehead atoms. The predicted octanol–water partition coefficient (Wildman–Crippen LogP) is 4.26. The van der Waals surface area contributed by atoms with Crippen molar-refractivity contribution in [2.75, 3.05) is 5.32 Å². The smallest absolute Gasteiger partial charge is 0.261 e. The SMILES string of the molecule is O=C(NC(=S)Nc1ccc(Cl)cc1)c1c(F)cccc1Cl. The van der Waals surface area contributed by atoms with Gasteiger partial charge in [-0.25, -0.2) is 4.39 Å². The van der Waals surface area contributed by atoms with Crippen molar-refractivity contribution in [3.05, 3.63) is 63.9 Å². The zero-order valence-electron chi connectivity index (χ0n) is 10.5. The highest BCUT2D eigenvalue weighted by molar-refractivity contribution is 7.80. The molecule has 2 aromatic carbocycles. The molecule has 21 heavy (non-hydrogen) atoms. The highest BCUT2D eigenvalue weighted by Gasteiger charge is 2.16. The first kappa shape index (κ1) is 15.7. The van der Waals surface area contributed by atoms with Crippen molar-refractivity contribution in [2.45, 2.75) is 0 Å². The lowest BCUT2D eigenvalue weighted by Crippen LogP contribution is -2.34. The van der Waals surface area contributed by atoms with Crippen molar-refractivity contribution in [1.29, 1.82) is 0 Å². The number of hydrogen-bond donors (Lipinski definition) is 2. The van der Waals surface area contributed by atoms with Crippen LogP contribution in [0.1, 0.15) is 10.4 Å². The minimum Gasteiger partial charge on any atom is -0.332 e. The van der Waals surface area contributed by atoms with Crippen molar-refractivity contribution in [1.82, 2.24) is 5.32 Å². The van der Waals surface area contributed by atoms with E-state index >= 15 is 0 Å². The lowest BCUT2D eigenvalue weighted by atomic mass is 10.2. The van der Waals surface area contributed by atoms with E-state index < -0.39 is 11.7 Å². The van der Waals surface area contributed by atoms with E-state index in [1.807, 2.05) is 0 Å². The molecule has 108 valence electrons. The third-order valence-corrected chi connectivity index (χ3v) is 3.29. The number of benzene rings is 2. The molecule has 0 heterocycles. The summed E-state index contributed by atoms with van der Waals surface area (Å²) >= 11 is 16.6. The average Bonchev–Trinajstić information content (AvgIpc) is 2.41. The van der Waals surface area contributed by atoms with Gasteiger partial charge in [-0.05, 0) is 48.6 Å². The van der Waals surface area contributed by atoms with Gasteiger partial charge in [-0.2, -0.15) is 0 Å². The fourth-order valence-electron chi connectivity index (χ4n) is 1.58. The third kappa shape index (κ3) is 4.14. The Kier molecular flexibility index (Phi) is 5.12. The predicted molar refractivity (Wildman–Crippen MR) is 86.5 cm³/mol. The molecule has 2 aromatic rings. The molecule has 0 unspecified atom stereocenters. The Hall–Kier alpha value is -1.69. The largest absolute Gasteiger partial charge is 0.332 e. The second-order valence-corrected chi connectivity index (χ2v) is 5.26. The number of carbonyl (C=O) groups is 1. The molecule has 0 spiro atoms. The van der Waals surface area contributed by atoms with Gasteiger partial charge in [0.25, 0.3) is 5.91 Å². The molecule has 0 radical (unpaired) electrons. The molecule has 0 fully saturated rings. The maximum atomic E-state index is 13.6. The summed E-state index contributed by atoms with van der Waals surface area (Å²) in [6, 6.07) is 10.7. The molecule has 0 atom stereocenters. The van der Waals surface area contributed by atoms with Gasteiger partial charge >= 0.3 is 0 Å². The molecule has 2 N–H and O–H groups in total. The van der Waals surface area contributed by atoms with Crippen LogP contribution in [0, 0.1) is 5.82 Å². The van der Waals surface area contributed by atoms with Crippen LogP contribution < -0.4 is 10.6 Å². The van der Waals surface area contributed by atoms with Crippen molar-refractivity contribution in [3.63, 3.8) is 0 Å². The quantitative estimate of drug-likeness (QED) is 0.801. The molecule has 0 aliphatic heterocycles. The number of halogens is 3. The first-order valence-corrected chi connectivity index (χ1v) is 6.95. The Morgan fingerprint density at radius 2 is 1.76 bits per heavy atom. The van der Waals surface area contributed by atoms with E-state index in [0.717, 1.165) is 6.07 Å². The molecule has 2 rings (SSSR count). The van der Waals surface area contributed by atoms with Gasteiger partial charge in [0.2, 0.25) is 0 Å². The van der Waals surface area contributed by atoms with Gasteiger partial charge in [0, 0.05) is 10.7 Å². The molecule has 0 saturated carbocycles. The Morgan fingerprint density at radius 3 is 2.38 bits per heavy atom. The standard InChI is InChI=1S/C14H9Cl2FN2OS/c15-8-4-6-9(7-5-8)18-14(21)19-13(20)12-10(16)2-1-3-11(12)17/h1-7H,(H2,18,19,20,21). The summed E-state index contributed by atoms with van der Waals surface area (Å²) < 4.78 is 13.6. The summed E-state index contributed by atoms with van der Waals surface area (Å²) in [5.41, 5.74) is 0.392. The number of amides is 1. The van der Waals surface area contributed by atoms with E-state index in [0.29, 0.717) is 10.7 Å². The first-order valence-electron chi connectivity index (χ1n) is 5.79. The topological polar surface area (TPSA) is 41.1 Å². The summed E-state index contributed by atoms with van der Waals surface area (Å²) in [4.78, 5) is 12.0. The summed E-state index contributed by atoms with van der Waals surface area (Å²) in [6.45, 7) is 0. The molecule has 7 heteroatoms. The van der Waals surface area contributed by atoms with Crippen LogP contribution in [0.15, 0.2) is 42.5 Å². The molecule has 0 saturated heterocycles. The van der Waals surface area contributed by atoms with Crippen LogP contribution in [0.25, 0.3) is 0 Å². The number of rotatable bonds is 2. The second-order valence-electron chi connectivity index (χ2n) is 4.01. The number of nitrogens with one attached hydrogen (secondary N) is 2. The van der Waals surface area contributed by atoms with E-state index in [1.54, 1.807) is 24.3 Å². The van der Waals surface area contributed by atoms with Crippen LogP contribution in [0.2, 0.25) is 10.0 Å². The molecule has 1 amide bonds. The van der Waals surface area contributed by atoms with E-state index in [1.165, 1.54) is 12.1 Å². The molecule has 0 aromatic heterocycles. The zero-order chi connectivity index (χ0) is 15.4. The number of anilines is 1. The molecular formula is C14H9Cl2FN2OS. The van der Waals surface area contributed by atoms with Crippen LogP contribution in [0.4, 0.5) is 10.1 Å². The first-order chi connectivity index (χ1) is 9.97. The van der Waals surface area contributed by atoms with Crippen molar-refractivity contribution in [3.8, 4) is 0 Å². The zero-order valence-corrected chi connectivity index (χ0v) is 12.8. The summed E-state index contributed by atoms with van der Waals surface area (Å²) in [7, 11) is 0. The lowest BCUT2D eigenvalue weighted by Gasteiger charge is -2.10. The van der Waals surface area contributed by atoms with E-state index in [-0.39, 0.29) is 15.7 Å². The van der Waals surface area contributed by atoms with Gasteiger partial charge in [-0.3, -0.25) is 10.1 Å². The average molecular weight is 343 g/mol. The van der Waals surface area contributed by atoms with Gasteiger partial charge in [0.05, 0.1) is 10.6 Å². The Balaban J connectivity index is 2.06. The van der Waals surface area contributed by atoms with Crippen LogP contribution in [0.5, 0.6) is 0 Å². The van der Waals surface area contributed by atoms with Gasteiger partial charge in [-0.1, -0.05) is 29.3 Å². The number of hydrogen-bond acceptors (Lipinski definition) is 2. The molecule has 0 aliphatic carbocycles. The minimum atomic E-state index is -0.718. The summed E-state index contributed by atoms with van der Waals surface area (Å²) in [5.74, 6) is -1.43. The van der Waals surface area contributed by atoms with Crippen LogP contribution in [0.3, 0.4) is 0 Å². The van der Waals surface area contributed by atoms with Crippen molar-refractivity contribution in [2.24, 2.45) is 0 Å². The lowest BCUT2D eigenvalue weighted by molar-refractivity contribution is 0.0974. The molecule has 3 nitrogen and oxygen atoms in total. The van der Waals surface area contributed by atoms with Crippen LogP contribution in [-0.4, -0.2) is 11.0 Å². The summed E-state index contributed by atoms with van der Waals surface area (Å²) in [6.07, 6.45) is 0. The fourth-order valence-corrected chi connectivity index (χ4v) is 2.16. The van der Waals surface area contributed by atoms with Crippen LogP contribution >= 0.6 is 35.4 Å². The Labute approximate surface area is 136 Å². The fraction of sp³-hybridized carbons (Fsp3) is 0. The minimum absolute atomic E-state index is 0.0155. The molecular weight excluding hydrogens is 334 g/mol. The van der Waals surface area contributed by atoms with E-state index in [4.69, 9.17) is 35.4 Å². The highest BCUT2D eigenvalue weighted by atomic mass is 35.5. The second kappa shape index (κ2) is 6.85. The van der Waals surface area contributed by atoms with E-state index in [2.05, 4.69) is 10.6 Å². The van der Waals surface area contributed by atoms with Gasteiger partial charge < -0.3 is 5.32 Å². The van der Waals surface area contributed by atoms with Gasteiger partial charge in [0.15, 0.2) is 5.11 Å². The highest BCUT2D eigenvalue weighted by Crippen LogP contribution is 2.19. The number of thiocarbonyl (C=S) groups is 1. The number of carbonyl (C=O) groups excluding carboxylic acids is 1. The van der Waals surface area contributed by atoms with Crippen LogP contribution in [-0.2, 0) is 0 Å². The van der Waals surface area contributed by atoms with Gasteiger partial charge in [0.1, 0.15) is 5.82 Å². The Morgan fingerprint density at radius 1 is 1.10 bits per heavy atom. The Bertz CT molecular complexity index is 672. The van der Waals surface area contributed by atoms with Crippen molar-refractivity contribution >= 4 is 52.1 Å². The maximum Gasteiger partial charge on any atom is 0.261 e. The monoisotopic (exact) mass is 342 g/mol.